The maximum Gasteiger partial charge on any atom is 0.231 e. The number of nitrogens with zero attached hydrogens (tertiary/aromatic N) is 4. The molecule has 1 N–H and O–H groups in total. The summed E-state index contributed by atoms with van der Waals surface area (Å²) >= 11 is 1.48. The molecule has 6 heteroatoms. The van der Waals surface area contributed by atoms with E-state index in [0.717, 1.165) is 10.6 Å². The molecule has 0 amide bonds. The molecule has 2 heterocycles. The minimum Gasteiger partial charge on any atom is -0.508 e. The minimum absolute atomic E-state index is 0.238. The standard InChI is InChI=1S/C22H16N4OS/c27-16-11-9-15(10-12-16)13-23-22-25-24-21(28-22)14-26-19-7-3-1-5-17(19)18-6-2-4-8-20(18)26/h1-13,27H,14H2/b23-13+. The van der Waals surface area contributed by atoms with Crippen LogP contribution in [0.4, 0.5) is 5.13 Å². The number of para-hydroxylation sites is 2. The van der Waals surface area contributed by atoms with Crippen LogP contribution >= 0.6 is 11.3 Å². The fourth-order valence-electron chi connectivity index (χ4n) is 3.36. The SMILES string of the molecule is Oc1ccc(/C=N/c2nnc(Cn3c4ccccc4c4ccccc43)s2)cc1. The Labute approximate surface area is 165 Å². The van der Waals surface area contributed by atoms with Crippen molar-refractivity contribution in [2.75, 3.05) is 0 Å². The molecule has 0 bridgehead atoms. The van der Waals surface area contributed by atoms with Gasteiger partial charge in [-0.05, 0) is 42.0 Å². The maximum absolute atomic E-state index is 9.35. The molecule has 0 radical (unpaired) electrons. The Kier molecular flexibility index (Phi) is 4.10. The quantitative estimate of drug-likeness (QED) is 0.436. The molecule has 0 unspecified atom stereocenters. The van der Waals surface area contributed by atoms with Crippen LogP contribution in [0.2, 0.25) is 0 Å². The molecule has 28 heavy (non-hydrogen) atoms. The van der Waals surface area contributed by atoms with Gasteiger partial charge in [0.1, 0.15) is 10.8 Å². The number of rotatable bonds is 4. The summed E-state index contributed by atoms with van der Waals surface area (Å²) in [5.41, 5.74) is 3.28. The number of phenolic OH excluding ortho intramolecular Hbond substituents is 1. The number of phenols is 1. The fraction of sp³-hybridized carbons (Fsp3) is 0.0455. The third kappa shape index (κ3) is 3.04. The summed E-state index contributed by atoms with van der Waals surface area (Å²) in [5, 5.41) is 21.9. The predicted molar refractivity (Wildman–Crippen MR) is 114 cm³/mol. The van der Waals surface area contributed by atoms with Gasteiger partial charge < -0.3 is 9.67 Å². The van der Waals surface area contributed by atoms with Crippen molar-refractivity contribution in [1.82, 2.24) is 14.8 Å². The van der Waals surface area contributed by atoms with Crippen molar-refractivity contribution in [3.8, 4) is 5.75 Å². The van der Waals surface area contributed by atoms with E-state index in [0.29, 0.717) is 11.7 Å². The molecule has 0 saturated heterocycles. The van der Waals surface area contributed by atoms with Gasteiger partial charge in [-0.3, -0.25) is 0 Å². The van der Waals surface area contributed by atoms with Crippen LogP contribution in [0.15, 0.2) is 77.8 Å². The molecule has 2 aromatic heterocycles. The Morgan fingerprint density at radius 2 is 1.50 bits per heavy atom. The highest BCUT2D eigenvalue weighted by Crippen LogP contribution is 2.30. The second-order valence-electron chi connectivity index (χ2n) is 6.45. The second-order valence-corrected chi connectivity index (χ2v) is 7.49. The van der Waals surface area contributed by atoms with Gasteiger partial charge in [-0.15, -0.1) is 10.2 Å². The van der Waals surface area contributed by atoms with Gasteiger partial charge in [-0.2, -0.15) is 0 Å². The summed E-state index contributed by atoms with van der Waals surface area (Å²) in [5.74, 6) is 0.238. The van der Waals surface area contributed by atoms with E-state index >= 15 is 0 Å². The fourth-order valence-corrected chi connectivity index (χ4v) is 4.03. The van der Waals surface area contributed by atoms with Gasteiger partial charge in [0, 0.05) is 28.0 Å². The first-order valence-electron chi connectivity index (χ1n) is 8.89. The Balaban J connectivity index is 1.46. The van der Waals surface area contributed by atoms with Crippen LogP contribution in [-0.4, -0.2) is 26.1 Å². The summed E-state index contributed by atoms with van der Waals surface area (Å²) < 4.78 is 2.28. The van der Waals surface area contributed by atoms with E-state index in [1.54, 1.807) is 30.5 Å². The molecule has 5 aromatic rings. The lowest BCUT2D eigenvalue weighted by molar-refractivity contribution is 0.475. The first-order chi connectivity index (χ1) is 13.8. The molecular weight excluding hydrogens is 368 g/mol. The molecule has 0 aliphatic carbocycles. The molecule has 5 rings (SSSR count). The number of aliphatic imine (C=N–C) groups is 1. The van der Waals surface area contributed by atoms with Crippen LogP contribution in [0, 0.1) is 0 Å². The van der Waals surface area contributed by atoms with Crippen molar-refractivity contribution >= 4 is 44.5 Å². The number of hydrogen-bond acceptors (Lipinski definition) is 5. The van der Waals surface area contributed by atoms with Crippen molar-refractivity contribution in [2.45, 2.75) is 6.54 Å². The number of aromatic hydroxyl groups is 1. The van der Waals surface area contributed by atoms with E-state index in [1.165, 1.54) is 33.1 Å². The molecular formula is C22H16N4OS. The second kappa shape index (κ2) is 6.90. The lowest BCUT2D eigenvalue weighted by atomic mass is 10.2. The zero-order valence-electron chi connectivity index (χ0n) is 14.9. The van der Waals surface area contributed by atoms with Crippen molar-refractivity contribution in [3.63, 3.8) is 0 Å². The van der Waals surface area contributed by atoms with E-state index in [2.05, 4.69) is 68.3 Å². The summed E-state index contributed by atoms with van der Waals surface area (Å²) in [7, 11) is 0. The third-order valence-electron chi connectivity index (χ3n) is 4.65. The van der Waals surface area contributed by atoms with Gasteiger partial charge in [0.2, 0.25) is 5.13 Å². The summed E-state index contributed by atoms with van der Waals surface area (Å²) in [6.45, 7) is 0.653. The minimum atomic E-state index is 0.238. The Morgan fingerprint density at radius 3 is 2.18 bits per heavy atom. The van der Waals surface area contributed by atoms with Crippen molar-refractivity contribution in [2.24, 2.45) is 4.99 Å². The lowest BCUT2D eigenvalue weighted by Crippen LogP contribution is -1.98. The van der Waals surface area contributed by atoms with Crippen LogP contribution < -0.4 is 0 Å². The first-order valence-corrected chi connectivity index (χ1v) is 9.71. The molecule has 0 atom stereocenters. The third-order valence-corrected chi connectivity index (χ3v) is 5.46. The zero-order chi connectivity index (χ0) is 18.9. The normalized spacial score (nSPS) is 11.7. The van der Waals surface area contributed by atoms with Crippen LogP contribution in [0.1, 0.15) is 10.6 Å². The summed E-state index contributed by atoms with van der Waals surface area (Å²) in [4.78, 5) is 4.41. The largest absolute Gasteiger partial charge is 0.508 e. The molecule has 0 aliphatic heterocycles. The van der Waals surface area contributed by atoms with Gasteiger partial charge in [0.25, 0.3) is 0 Å². The maximum atomic E-state index is 9.35. The van der Waals surface area contributed by atoms with Gasteiger partial charge in [-0.25, -0.2) is 4.99 Å². The van der Waals surface area contributed by atoms with Gasteiger partial charge in [0.05, 0.1) is 6.54 Å². The number of benzene rings is 3. The van der Waals surface area contributed by atoms with E-state index in [-0.39, 0.29) is 5.75 Å². The van der Waals surface area contributed by atoms with Crippen LogP contribution in [-0.2, 0) is 6.54 Å². The van der Waals surface area contributed by atoms with Crippen LogP contribution in [0.3, 0.4) is 0 Å². The molecule has 5 nitrogen and oxygen atoms in total. The van der Waals surface area contributed by atoms with Crippen molar-refractivity contribution in [3.05, 3.63) is 83.4 Å². The molecule has 3 aromatic carbocycles. The predicted octanol–water partition coefficient (Wildman–Crippen LogP) is 5.15. The topological polar surface area (TPSA) is 63.3 Å². The number of aromatic nitrogens is 3. The van der Waals surface area contributed by atoms with Crippen molar-refractivity contribution < 1.29 is 5.11 Å². The highest BCUT2D eigenvalue weighted by Gasteiger charge is 2.12. The monoisotopic (exact) mass is 384 g/mol. The van der Waals surface area contributed by atoms with E-state index < -0.39 is 0 Å². The molecule has 136 valence electrons. The highest BCUT2D eigenvalue weighted by molar-refractivity contribution is 7.14. The Hall–Kier alpha value is -3.51. The molecule has 0 saturated carbocycles. The van der Waals surface area contributed by atoms with E-state index in [4.69, 9.17) is 0 Å². The van der Waals surface area contributed by atoms with Crippen molar-refractivity contribution in [1.29, 1.82) is 0 Å². The first kappa shape index (κ1) is 16.6. The number of fused-ring (bicyclic) bond motifs is 3. The van der Waals surface area contributed by atoms with Crippen LogP contribution in [0.5, 0.6) is 5.75 Å². The smallest absolute Gasteiger partial charge is 0.231 e. The van der Waals surface area contributed by atoms with Gasteiger partial charge >= 0.3 is 0 Å². The molecule has 0 fully saturated rings. The molecule has 0 spiro atoms. The molecule has 0 aliphatic rings. The average molecular weight is 384 g/mol. The Morgan fingerprint density at radius 1 is 0.857 bits per heavy atom. The Bertz CT molecular complexity index is 1250. The van der Waals surface area contributed by atoms with Crippen LogP contribution in [0.25, 0.3) is 21.8 Å². The summed E-state index contributed by atoms with van der Waals surface area (Å²) in [6, 6.07) is 23.7. The zero-order valence-corrected chi connectivity index (χ0v) is 15.7. The van der Waals surface area contributed by atoms with E-state index in [1.807, 2.05) is 0 Å². The lowest BCUT2D eigenvalue weighted by Gasteiger charge is -2.04. The van der Waals surface area contributed by atoms with Gasteiger partial charge in [-0.1, -0.05) is 47.7 Å². The average Bonchev–Trinajstić information content (AvgIpc) is 3.31. The highest BCUT2D eigenvalue weighted by atomic mass is 32.1. The summed E-state index contributed by atoms with van der Waals surface area (Å²) in [6.07, 6.45) is 1.73. The van der Waals surface area contributed by atoms with Gasteiger partial charge in [0.15, 0.2) is 0 Å². The van der Waals surface area contributed by atoms with E-state index in [9.17, 15) is 5.11 Å². The number of hydrogen-bond donors (Lipinski definition) is 1.